The summed E-state index contributed by atoms with van der Waals surface area (Å²) in [5.74, 6) is -2.43. The van der Waals surface area contributed by atoms with Crippen LogP contribution in [0.5, 0.6) is 0 Å². The number of carbonyl (C=O) groups is 2. The summed E-state index contributed by atoms with van der Waals surface area (Å²) in [7, 11) is 5.40. The van der Waals surface area contributed by atoms with E-state index in [1.807, 2.05) is 6.92 Å². The maximum atomic E-state index is 10.9. The average Bonchev–Trinajstić information content (AvgIpc) is 2.26. The number of aliphatic carboxylic acids is 2. The minimum Gasteiger partial charge on any atom is -0.544 e. The molecule has 6 heteroatoms. The molecule has 6 nitrogen and oxygen atoms in total. The Hall–Kier alpha value is -1.14. The van der Waals surface area contributed by atoms with Gasteiger partial charge in [0.1, 0.15) is 6.54 Å². The first-order chi connectivity index (χ1) is 9.52. The molecule has 0 aromatic rings. The average molecular weight is 303 g/mol. The number of carboxylic acid groups (broad SMARTS) is 2. The maximum absolute atomic E-state index is 10.9. The summed E-state index contributed by atoms with van der Waals surface area (Å²) in [5.41, 5.74) is -0.932. The largest absolute Gasteiger partial charge is 0.544 e. The number of aliphatic hydroxyl groups is 1. The first kappa shape index (κ1) is 19.9. The SMILES string of the molecule is CCC(C(=O)O)C1(O)CCCCC1.C[N+](C)(C)CC(=O)[O-]. The molecular formula is C15H29NO5. The van der Waals surface area contributed by atoms with E-state index in [4.69, 9.17) is 5.11 Å². The molecule has 1 unspecified atom stereocenters. The molecule has 2 N–H and O–H groups in total. The van der Waals surface area contributed by atoms with Crippen molar-refractivity contribution in [3.63, 3.8) is 0 Å². The van der Waals surface area contributed by atoms with Crippen molar-refractivity contribution in [2.75, 3.05) is 27.7 Å². The van der Waals surface area contributed by atoms with Gasteiger partial charge in [-0.05, 0) is 19.3 Å². The summed E-state index contributed by atoms with van der Waals surface area (Å²) in [6.07, 6.45) is 4.86. The molecule has 0 amide bonds. The van der Waals surface area contributed by atoms with Gasteiger partial charge in [-0.25, -0.2) is 0 Å². The van der Waals surface area contributed by atoms with Gasteiger partial charge in [-0.2, -0.15) is 0 Å². The molecule has 0 radical (unpaired) electrons. The third-order valence-electron chi connectivity index (χ3n) is 3.68. The quantitative estimate of drug-likeness (QED) is 0.709. The first-order valence-corrected chi connectivity index (χ1v) is 7.47. The molecule has 0 aliphatic heterocycles. The molecule has 0 bridgehead atoms. The van der Waals surface area contributed by atoms with Crippen molar-refractivity contribution in [3.05, 3.63) is 0 Å². The van der Waals surface area contributed by atoms with Crippen LogP contribution in [0.15, 0.2) is 0 Å². The lowest BCUT2D eigenvalue weighted by atomic mass is 9.74. The van der Waals surface area contributed by atoms with Gasteiger partial charge in [-0.15, -0.1) is 0 Å². The van der Waals surface area contributed by atoms with Crippen LogP contribution in [0.4, 0.5) is 0 Å². The normalized spacial score (nSPS) is 19.1. The second-order valence-electron chi connectivity index (χ2n) is 6.78. The number of rotatable bonds is 5. The monoisotopic (exact) mass is 303 g/mol. The van der Waals surface area contributed by atoms with Crippen LogP contribution in [0.1, 0.15) is 45.4 Å². The number of likely N-dealkylation sites (N-methyl/N-ethyl adjacent to an activating group) is 1. The fraction of sp³-hybridized carbons (Fsp3) is 0.867. The van der Waals surface area contributed by atoms with Crippen LogP contribution in [0.2, 0.25) is 0 Å². The van der Waals surface area contributed by atoms with Crippen LogP contribution in [-0.4, -0.2) is 59.9 Å². The highest BCUT2D eigenvalue weighted by Crippen LogP contribution is 2.35. The lowest BCUT2D eigenvalue weighted by Gasteiger charge is -2.36. The van der Waals surface area contributed by atoms with Crippen molar-refractivity contribution in [2.45, 2.75) is 51.0 Å². The molecule has 0 spiro atoms. The molecule has 0 heterocycles. The van der Waals surface area contributed by atoms with Crippen LogP contribution < -0.4 is 5.11 Å². The lowest BCUT2D eigenvalue weighted by molar-refractivity contribution is -0.864. The Labute approximate surface area is 127 Å². The first-order valence-electron chi connectivity index (χ1n) is 7.47. The zero-order chi connectivity index (χ0) is 16.7. The molecule has 1 saturated carbocycles. The van der Waals surface area contributed by atoms with Crippen molar-refractivity contribution >= 4 is 11.9 Å². The highest BCUT2D eigenvalue weighted by atomic mass is 16.4. The number of hydrogen-bond acceptors (Lipinski definition) is 4. The van der Waals surface area contributed by atoms with Crippen LogP contribution in [-0.2, 0) is 9.59 Å². The maximum Gasteiger partial charge on any atom is 0.309 e. The third kappa shape index (κ3) is 8.02. The van der Waals surface area contributed by atoms with Gasteiger partial charge < -0.3 is 24.6 Å². The van der Waals surface area contributed by atoms with Crippen LogP contribution in [0.3, 0.4) is 0 Å². The van der Waals surface area contributed by atoms with Gasteiger partial charge in [-0.3, -0.25) is 4.79 Å². The summed E-state index contributed by atoms with van der Waals surface area (Å²) in [6.45, 7) is 1.89. The van der Waals surface area contributed by atoms with Crippen LogP contribution in [0, 0.1) is 5.92 Å². The number of nitrogens with zero attached hydrogens (tertiary/aromatic N) is 1. The van der Waals surface area contributed by atoms with Gasteiger partial charge in [0.05, 0.1) is 38.6 Å². The van der Waals surface area contributed by atoms with Gasteiger partial charge in [0, 0.05) is 0 Å². The minimum atomic E-state index is -1.00. The van der Waals surface area contributed by atoms with E-state index in [9.17, 15) is 19.8 Å². The Kier molecular flexibility index (Phi) is 7.89. The van der Waals surface area contributed by atoms with E-state index in [2.05, 4.69) is 0 Å². The zero-order valence-electron chi connectivity index (χ0n) is 13.6. The van der Waals surface area contributed by atoms with E-state index in [1.54, 1.807) is 21.1 Å². The number of carbonyl (C=O) groups excluding carboxylic acids is 1. The number of carboxylic acids is 2. The van der Waals surface area contributed by atoms with Crippen molar-refractivity contribution in [1.82, 2.24) is 0 Å². The predicted octanol–water partition coefficient (Wildman–Crippen LogP) is 0.235. The zero-order valence-corrected chi connectivity index (χ0v) is 13.6. The Morgan fingerprint density at radius 1 is 1.19 bits per heavy atom. The predicted molar refractivity (Wildman–Crippen MR) is 77.4 cm³/mol. The third-order valence-corrected chi connectivity index (χ3v) is 3.68. The fourth-order valence-electron chi connectivity index (χ4n) is 2.68. The summed E-state index contributed by atoms with van der Waals surface area (Å²) in [6, 6.07) is 0. The van der Waals surface area contributed by atoms with Crippen LogP contribution in [0.25, 0.3) is 0 Å². The lowest BCUT2D eigenvalue weighted by Crippen LogP contribution is -2.45. The molecule has 0 aromatic carbocycles. The van der Waals surface area contributed by atoms with E-state index in [0.717, 1.165) is 19.3 Å². The van der Waals surface area contributed by atoms with E-state index in [-0.39, 0.29) is 6.54 Å². The van der Waals surface area contributed by atoms with Gasteiger partial charge in [0.2, 0.25) is 0 Å². The Balaban J connectivity index is 0.000000433. The molecule has 0 aromatic heterocycles. The fourth-order valence-corrected chi connectivity index (χ4v) is 2.68. The highest BCUT2D eigenvalue weighted by molar-refractivity contribution is 5.71. The minimum absolute atomic E-state index is 0.0694. The summed E-state index contributed by atoms with van der Waals surface area (Å²) >= 11 is 0. The molecule has 1 rings (SSSR count). The van der Waals surface area contributed by atoms with E-state index < -0.39 is 23.5 Å². The van der Waals surface area contributed by atoms with E-state index in [1.165, 1.54) is 0 Å². The van der Waals surface area contributed by atoms with Crippen molar-refractivity contribution in [1.29, 1.82) is 0 Å². The summed E-state index contributed by atoms with van der Waals surface area (Å²) in [4.78, 5) is 20.8. The number of hydrogen-bond donors (Lipinski definition) is 2. The van der Waals surface area contributed by atoms with Crippen LogP contribution >= 0.6 is 0 Å². The topological polar surface area (TPSA) is 97.7 Å². The molecule has 124 valence electrons. The standard InChI is InChI=1S/C10H18O3.C5H11NO2/c1-2-8(9(11)12)10(13)6-4-3-5-7-10;1-6(2,3)4-5(7)8/h8,13H,2-7H2,1H3,(H,11,12);4H2,1-3H3. The Morgan fingerprint density at radius 3 is 1.90 bits per heavy atom. The number of quaternary nitrogens is 1. The Morgan fingerprint density at radius 2 is 1.67 bits per heavy atom. The molecule has 1 atom stereocenters. The summed E-state index contributed by atoms with van der Waals surface area (Å²) < 4.78 is 0.419. The van der Waals surface area contributed by atoms with Crippen molar-refractivity contribution in [3.8, 4) is 0 Å². The second kappa shape index (κ2) is 8.34. The molecule has 1 fully saturated rings. The molecular weight excluding hydrogens is 274 g/mol. The van der Waals surface area contributed by atoms with Gasteiger partial charge in [0.15, 0.2) is 0 Å². The molecule has 0 saturated heterocycles. The molecule has 1 aliphatic carbocycles. The molecule has 21 heavy (non-hydrogen) atoms. The Bertz CT molecular complexity index is 342. The molecule has 1 aliphatic rings. The van der Waals surface area contributed by atoms with E-state index in [0.29, 0.717) is 23.7 Å². The van der Waals surface area contributed by atoms with Gasteiger partial charge in [-0.1, -0.05) is 26.2 Å². The van der Waals surface area contributed by atoms with E-state index >= 15 is 0 Å². The highest BCUT2D eigenvalue weighted by Gasteiger charge is 2.40. The smallest absolute Gasteiger partial charge is 0.309 e. The van der Waals surface area contributed by atoms with Crippen molar-refractivity contribution in [2.24, 2.45) is 5.92 Å². The van der Waals surface area contributed by atoms with Gasteiger partial charge in [0.25, 0.3) is 0 Å². The van der Waals surface area contributed by atoms with Gasteiger partial charge >= 0.3 is 5.97 Å². The second-order valence-corrected chi connectivity index (χ2v) is 6.78. The van der Waals surface area contributed by atoms with Crippen molar-refractivity contribution < 1.29 is 29.4 Å². The summed E-state index contributed by atoms with van der Waals surface area (Å²) in [5, 5.41) is 28.9.